The summed E-state index contributed by atoms with van der Waals surface area (Å²) in [7, 11) is 0. The van der Waals surface area contributed by atoms with E-state index in [1.807, 2.05) is 43.3 Å². The first-order valence-corrected chi connectivity index (χ1v) is 10.7. The Morgan fingerprint density at radius 3 is 2.90 bits per heavy atom. The quantitative estimate of drug-likeness (QED) is 0.568. The van der Waals surface area contributed by atoms with Gasteiger partial charge in [-0.25, -0.2) is 0 Å². The van der Waals surface area contributed by atoms with Crippen LogP contribution in [0.4, 0.5) is 0 Å². The molecule has 0 aliphatic carbocycles. The van der Waals surface area contributed by atoms with Crippen LogP contribution in [0.1, 0.15) is 19.8 Å². The fourth-order valence-electron chi connectivity index (χ4n) is 3.12. The molecule has 0 radical (unpaired) electrons. The molecule has 1 aromatic carbocycles. The zero-order chi connectivity index (χ0) is 20.1. The normalized spacial score (nSPS) is 16.2. The molecule has 1 aliphatic heterocycles. The molecule has 1 fully saturated rings. The molecule has 3 aromatic rings. The highest BCUT2D eigenvalue weighted by Crippen LogP contribution is 2.23. The molecule has 1 atom stereocenters. The summed E-state index contributed by atoms with van der Waals surface area (Å²) in [6.07, 6.45) is 2.19. The molecule has 1 N–H and O–H groups in total. The van der Waals surface area contributed by atoms with E-state index in [1.165, 1.54) is 11.8 Å². The second-order valence-electron chi connectivity index (χ2n) is 6.66. The number of nitrogens with one attached hydrogen (secondary N) is 1. The summed E-state index contributed by atoms with van der Waals surface area (Å²) in [5.41, 5.74) is 2.40. The zero-order valence-electron chi connectivity index (χ0n) is 16.2. The number of carbonyl (C=O) groups excluding carboxylic acids is 1. The van der Waals surface area contributed by atoms with Crippen molar-refractivity contribution in [1.82, 2.24) is 25.1 Å². The molecule has 4 rings (SSSR count). The largest absolute Gasteiger partial charge is 0.494 e. The second-order valence-corrected chi connectivity index (χ2v) is 7.60. The maximum absolute atomic E-state index is 12.1. The van der Waals surface area contributed by atoms with Gasteiger partial charge in [0.1, 0.15) is 5.75 Å². The van der Waals surface area contributed by atoms with Crippen molar-refractivity contribution in [2.24, 2.45) is 0 Å². The van der Waals surface area contributed by atoms with E-state index in [2.05, 4.69) is 20.6 Å². The number of hydrogen-bond acceptors (Lipinski definition) is 7. The van der Waals surface area contributed by atoms with Gasteiger partial charge < -0.3 is 14.8 Å². The van der Waals surface area contributed by atoms with E-state index in [0.29, 0.717) is 24.0 Å². The van der Waals surface area contributed by atoms with Gasteiger partial charge in [-0.2, -0.15) is 9.61 Å². The van der Waals surface area contributed by atoms with Crippen molar-refractivity contribution in [2.75, 3.05) is 25.5 Å². The third-order valence-corrected chi connectivity index (χ3v) is 5.50. The molecule has 2 aromatic heterocycles. The lowest BCUT2D eigenvalue weighted by Crippen LogP contribution is -2.32. The van der Waals surface area contributed by atoms with E-state index in [0.717, 1.165) is 36.5 Å². The molecule has 0 bridgehead atoms. The number of thioether (sulfide) groups is 1. The first kappa shape index (κ1) is 19.7. The summed E-state index contributed by atoms with van der Waals surface area (Å²) in [6.45, 7) is 3.92. The Hall–Kier alpha value is -2.65. The van der Waals surface area contributed by atoms with Gasteiger partial charge in [-0.15, -0.1) is 10.2 Å². The Labute approximate surface area is 173 Å². The lowest BCUT2D eigenvalue weighted by molar-refractivity contribution is -0.119. The summed E-state index contributed by atoms with van der Waals surface area (Å²) < 4.78 is 12.7. The van der Waals surface area contributed by atoms with Crippen LogP contribution in [0.5, 0.6) is 5.75 Å². The van der Waals surface area contributed by atoms with Crippen LogP contribution in [-0.2, 0) is 9.53 Å². The predicted octanol–water partition coefficient (Wildman–Crippen LogP) is 2.58. The standard InChI is InChI=1S/C20H23N5O3S/c1-2-27-15-7-5-14(6-8-15)17-9-10-18-22-23-20(25(18)24-17)29-13-19(26)21-12-16-4-3-11-28-16/h5-10,16H,2-4,11-13H2,1H3,(H,21,26)/t16-/m1/s1. The van der Waals surface area contributed by atoms with Gasteiger partial charge in [0.25, 0.3) is 0 Å². The van der Waals surface area contributed by atoms with Crippen molar-refractivity contribution >= 4 is 23.3 Å². The number of hydrogen-bond donors (Lipinski definition) is 1. The van der Waals surface area contributed by atoms with Gasteiger partial charge in [-0.3, -0.25) is 4.79 Å². The first-order chi connectivity index (χ1) is 14.2. The fourth-order valence-corrected chi connectivity index (χ4v) is 3.83. The minimum atomic E-state index is -0.0510. The second kappa shape index (κ2) is 9.23. The molecule has 1 saturated heterocycles. The van der Waals surface area contributed by atoms with E-state index in [4.69, 9.17) is 9.47 Å². The Kier molecular flexibility index (Phi) is 6.26. The van der Waals surface area contributed by atoms with Crippen LogP contribution in [0.15, 0.2) is 41.6 Å². The molecule has 0 spiro atoms. The van der Waals surface area contributed by atoms with Crippen molar-refractivity contribution in [2.45, 2.75) is 31.0 Å². The summed E-state index contributed by atoms with van der Waals surface area (Å²) >= 11 is 1.31. The maximum Gasteiger partial charge on any atom is 0.230 e. The number of aromatic nitrogens is 4. The zero-order valence-corrected chi connectivity index (χ0v) is 17.0. The first-order valence-electron chi connectivity index (χ1n) is 9.69. The number of ether oxygens (including phenoxy) is 2. The molecule has 1 aliphatic rings. The van der Waals surface area contributed by atoms with Crippen molar-refractivity contribution in [1.29, 1.82) is 0 Å². The molecule has 1 amide bonds. The third kappa shape index (κ3) is 4.86. The molecule has 0 saturated carbocycles. The minimum Gasteiger partial charge on any atom is -0.494 e. The van der Waals surface area contributed by atoms with Gasteiger partial charge >= 0.3 is 0 Å². The van der Waals surface area contributed by atoms with Gasteiger partial charge in [0, 0.05) is 18.7 Å². The van der Waals surface area contributed by atoms with E-state index >= 15 is 0 Å². The van der Waals surface area contributed by atoms with Crippen LogP contribution in [-0.4, -0.2) is 57.3 Å². The average molecular weight is 414 g/mol. The number of fused-ring (bicyclic) bond motifs is 1. The van der Waals surface area contributed by atoms with Gasteiger partial charge in [0.05, 0.1) is 24.2 Å². The van der Waals surface area contributed by atoms with Gasteiger partial charge in [0.15, 0.2) is 5.65 Å². The van der Waals surface area contributed by atoms with Crippen LogP contribution in [0.25, 0.3) is 16.9 Å². The van der Waals surface area contributed by atoms with Crippen molar-refractivity contribution in [3.05, 3.63) is 36.4 Å². The molecule has 29 heavy (non-hydrogen) atoms. The Balaban J connectivity index is 1.42. The van der Waals surface area contributed by atoms with Crippen molar-refractivity contribution in [3.8, 4) is 17.0 Å². The van der Waals surface area contributed by atoms with E-state index in [9.17, 15) is 4.79 Å². The van der Waals surface area contributed by atoms with Gasteiger partial charge in [-0.05, 0) is 56.2 Å². The van der Waals surface area contributed by atoms with Crippen LogP contribution in [0, 0.1) is 0 Å². The highest BCUT2D eigenvalue weighted by atomic mass is 32.2. The minimum absolute atomic E-state index is 0.0510. The summed E-state index contributed by atoms with van der Waals surface area (Å²) in [4.78, 5) is 12.1. The maximum atomic E-state index is 12.1. The topological polar surface area (TPSA) is 90.6 Å². The third-order valence-electron chi connectivity index (χ3n) is 4.58. The molecule has 3 heterocycles. The van der Waals surface area contributed by atoms with Crippen LogP contribution in [0.3, 0.4) is 0 Å². The van der Waals surface area contributed by atoms with Crippen LogP contribution < -0.4 is 10.1 Å². The van der Waals surface area contributed by atoms with E-state index in [1.54, 1.807) is 4.52 Å². The number of benzene rings is 1. The Bertz CT molecular complexity index is 970. The molecule has 0 unspecified atom stereocenters. The summed E-state index contributed by atoms with van der Waals surface area (Å²) in [5.74, 6) is 1.03. The summed E-state index contributed by atoms with van der Waals surface area (Å²) in [6, 6.07) is 11.6. The molecular formula is C20H23N5O3S. The van der Waals surface area contributed by atoms with Gasteiger partial charge in [-0.1, -0.05) is 11.8 Å². The lowest BCUT2D eigenvalue weighted by atomic mass is 10.1. The lowest BCUT2D eigenvalue weighted by Gasteiger charge is -2.10. The number of rotatable bonds is 8. The Morgan fingerprint density at radius 1 is 1.28 bits per heavy atom. The molecule has 9 heteroatoms. The van der Waals surface area contributed by atoms with Crippen molar-refractivity contribution < 1.29 is 14.3 Å². The molecule has 152 valence electrons. The monoisotopic (exact) mass is 413 g/mol. The van der Waals surface area contributed by atoms with Gasteiger partial charge in [0.2, 0.25) is 11.1 Å². The number of carbonyl (C=O) groups is 1. The van der Waals surface area contributed by atoms with Crippen LogP contribution in [0.2, 0.25) is 0 Å². The fraction of sp³-hybridized carbons (Fsp3) is 0.400. The highest BCUT2D eigenvalue weighted by molar-refractivity contribution is 7.99. The van der Waals surface area contributed by atoms with E-state index < -0.39 is 0 Å². The van der Waals surface area contributed by atoms with Crippen molar-refractivity contribution in [3.63, 3.8) is 0 Å². The van der Waals surface area contributed by atoms with Crippen LogP contribution >= 0.6 is 11.8 Å². The SMILES string of the molecule is CCOc1ccc(-c2ccc3nnc(SCC(=O)NC[C@H]4CCCO4)n3n2)cc1. The molecular weight excluding hydrogens is 390 g/mol. The average Bonchev–Trinajstić information content (AvgIpc) is 3.41. The Morgan fingerprint density at radius 2 is 2.14 bits per heavy atom. The number of amides is 1. The predicted molar refractivity (Wildman–Crippen MR) is 110 cm³/mol. The highest BCUT2D eigenvalue weighted by Gasteiger charge is 2.17. The number of nitrogens with zero attached hydrogens (tertiary/aromatic N) is 4. The molecule has 8 nitrogen and oxygen atoms in total. The summed E-state index contributed by atoms with van der Waals surface area (Å²) in [5, 5.41) is 16.4. The smallest absolute Gasteiger partial charge is 0.230 e. The van der Waals surface area contributed by atoms with E-state index in [-0.39, 0.29) is 17.8 Å².